The van der Waals surface area contributed by atoms with Gasteiger partial charge in [0.2, 0.25) is 0 Å². The Morgan fingerprint density at radius 2 is 2.00 bits per heavy atom. The van der Waals surface area contributed by atoms with E-state index in [0.29, 0.717) is 0 Å². The zero-order valence-corrected chi connectivity index (χ0v) is 12.3. The Morgan fingerprint density at radius 1 is 1.33 bits per heavy atom. The average molecular weight is 291 g/mol. The number of ether oxygens (including phenoxy) is 2. The maximum Gasteiger partial charge on any atom is 0.164 e. The standard InChI is InChI=1S/C16H21NO4/c1-4-13(15-14(11-18)20-16(2,3)21-15)17(19)10-12-8-6-5-7-9-12/h1,5-9,13-15,18-19H,10-11H2,2-3H3/t13-,14+,15-/m0/s1. The summed E-state index contributed by atoms with van der Waals surface area (Å²) in [5, 5.41) is 20.7. The fourth-order valence-electron chi connectivity index (χ4n) is 2.49. The van der Waals surface area contributed by atoms with Crippen molar-refractivity contribution in [3.63, 3.8) is 0 Å². The van der Waals surface area contributed by atoms with Gasteiger partial charge in [-0.3, -0.25) is 0 Å². The molecule has 0 amide bonds. The van der Waals surface area contributed by atoms with Gasteiger partial charge in [0.1, 0.15) is 18.2 Å². The smallest absolute Gasteiger partial charge is 0.164 e. The Labute approximate surface area is 125 Å². The summed E-state index contributed by atoms with van der Waals surface area (Å²) >= 11 is 0. The fraction of sp³-hybridized carbons (Fsp3) is 0.500. The van der Waals surface area contributed by atoms with E-state index < -0.39 is 24.0 Å². The molecule has 5 nitrogen and oxygen atoms in total. The Kier molecular flexibility index (Phi) is 4.99. The number of aliphatic hydroxyl groups excluding tert-OH is 1. The molecule has 1 aromatic carbocycles. The first-order valence-corrected chi connectivity index (χ1v) is 6.89. The van der Waals surface area contributed by atoms with Crippen LogP contribution in [0.1, 0.15) is 19.4 Å². The summed E-state index contributed by atoms with van der Waals surface area (Å²) in [6.45, 7) is 3.56. The highest BCUT2D eigenvalue weighted by Crippen LogP contribution is 2.31. The summed E-state index contributed by atoms with van der Waals surface area (Å²) in [7, 11) is 0. The molecule has 2 N–H and O–H groups in total. The molecule has 1 aliphatic rings. The van der Waals surface area contributed by atoms with Crippen molar-refractivity contribution in [3.05, 3.63) is 35.9 Å². The van der Waals surface area contributed by atoms with Gasteiger partial charge in [-0.15, -0.1) is 6.42 Å². The van der Waals surface area contributed by atoms with E-state index in [1.165, 1.54) is 0 Å². The Hall–Kier alpha value is -1.42. The number of aliphatic hydroxyl groups is 1. The van der Waals surface area contributed by atoms with Crippen molar-refractivity contribution in [2.45, 2.75) is 44.4 Å². The molecular formula is C16H21NO4. The zero-order chi connectivity index (χ0) is 15.5. The summed E-state index contributed by atoms with van der Waals surface area (Å²) in [5.74, 6) is 1.69. The lowest BCUT2D eigenvalue weighted by Gasteiger charge is -2.28. The third-order valence-corrected chi connectivity index (χ3v) is 3.39. The largest absolute Gasteiger partial charge is 0.394 e. The average Bonchev–Trinajstić information content (AvgIpc) is 2.76. The van der Waals surface area contributed by atoms with Crippen molar-refractivity contribution in [2.75, 3.05) is 6.61 Å². The van der Waals surface area contributed by atoms with E-state index in [1.54, 1.807) is 13.8 Å². The predicted octanol–water partition coefficient (Wildman–Crippen LogP) is 1.39. The van der Waals surface area contributed by atoms with Crippen LogP contribution in [0.15, 0.2) is 30.3 Å². The lowest BCUT2D eigenvalue weighted by Crippen LogP contribution is -2.46. The van der Waals surface area contributed by atoms with E-state index in [-0.39, 0.29) is 13.2 Å². The molecule has 3 atom stereocenters. The van der Waals surface area contributed by atoms with E-state index in [0.717, 1.165) is 10.6 Å². The Bertz CT molecular complexity index is 497. The van der Waals surface area contributed by atoms with Gasteiger partial charge in [-0.25, -0.2) is 0 Å². The molecule has 1 aliphatic heterocycles. The number of hydrogen-bond acceptors (Lipinski definition) is 5. The van der Waals surface area contributed by atoms with Crippen LogP contribution in [0.5, 0.6) is 0 Å². The number of hydroxylamine groups is 2. The molecule has 5 heteroatoms. The van der Waals surface area contributed by atoms with E-state index in [1.807, 2.05) is 30.3 Å². The van der Waals surface area contributed by atoms with Gasteiger partial charge in [0.15, 0.2) is 5.79 Å². The topological polar surface area (TPSA) is 62.2 Å². The minimum absolute atomic E-state index is 0.217. The molecule has 0 spiro atoms. The maximum atomic E-state index is 10.3. The van der Waals surface area contributed by atoms with Crippen molar-refractivity contribution in [1.82, 2.24) is 5.06 Å². The van der Waals surface area contributed by atoms with Crippen LogP contribution in [0.2, 0.25) is 0 Å². The quantitative estimate of drug-likeness (QED) is 0.634. The van der Waals surface area contributed by atoms with Gasteiger partial charge in [0.25, 0.3) is 0 Å². The van der Waals surface area contributed by atoms with Crippen LogP contribution in [-0.2, 0) is 16.0 Å². The molecule has 1 fully saturated rings. The molecule has 0 unspecified atom stereocenters. The number of rotatable bonds is 5. The van der Waals surface area contributed by atoms with Crippen LogP contribution in [0.4, 0.5) is 0 Å². The molecule has 0 aromatic heterocycles. The molecule has 1 heterocycles. The number of hydrogen-bond donors (Lipinski definition) is 2. The van der Waals surface area contributed by atoms with Crippen molar-refractivity contribution in [1.29, 1.82) is 0 Å². The lowest BCUT2D eigenvalue weighted by atomic mass is 10.1. The van der Waals surface area contributed by atoms with Crippen LogP contribution >= 0.6 is 0 Å². The third-order valence-electron chi connectivity index (χ3n) is 3.39. The van der Waals surface area contributed by atoms with Crippen LogP contribution in [0, 0.1) is 12.3 Å². The van der Waals surface area contributed by atoms with E-state index in [2.05, 4.69) is 5.92 Å². The second-order valence-electron chi connectivity index (χ2n) is 5.52. The van der Waals surface area contributed by atoms with Gasteiger partial charge in [-0.1, -0.05) is 36.3 Å². The third kappa shape index (κ3) is 3.82. The number of nitrogens with zero attached hydrogens (tertiary/aromatic N) is 1. The SMILES string of the molecule is C#C[C@@H]([C@@H]1OC(C)(C)O[C@@H]1CO)N(O)Cc1ccccc1. The highest BCUT2D eigenvalue weighted by molar-refractivity contribution is 5.15. The lowest BCUT2D eigenvalue weighted by molar-refractivity contribution is -0.177. The highest BCUT2D eigenvalue weighted by atomic mass is 16.8. The number of terminal acetylenes is 1. The van der Waals surface area contributed by atoms with E-state index in [9.17, 15) is 10.3 Å². The molecule has 0 aliphatic carbocycles. The second-order valence-corrected chi connectivity index (χ2v) is 5.52. The fourth-order valence-corrected chi connectivity index (χ4v) is 2.49. The minimum atomic E-state index is -0.833. The summed E-state index contributed by atoms with van der Waals surface area (Å²) < 4.78 is 11.3. The molecule has 2 rings (SSSR count). The Balaban J connectivity index is 2.10. The van der Waals surface area contributed by atoms with Gasteiger partial charge in [-0.05, 0) is 19.4 Å². The first kappa shape index (κ1) is 16.0. The Morgan fingerprint density at radius 3 is 2.57 bits per heavy atom. The van der Waals surface area contributed by atoms with E-state index >= 15 is 0 Å². The molecule has 0 radical (unpaired) electrons. The predicted molar refractivity (Wildman–Crippen MR) is 77.3 cm³/mol. The van der Waals surface area contributed by atoms with Crippen molar-refractivity contribution in [3.8, 4) is 12.3 Å². The molecule has 114 valence electrons. The van der Waals surface area contributed by atoms with Crippen molar-refractivity contribution >= 4 is 0 Å². The van der Waals surface area contributed by atoms with Crippen molar-refractivity contribution in [2.24, 2.45) is 0 Å². The monoisotopic (exact) mass is 291 g/mol. The maximum absolute atomic E-state index is 10.3. The van der Waals surface area contributed by atoms with Crippen LogP contribution in [-0.4, -0.2) is 46.0 Å². The molecule has 1 saturated heterocycles. The number of benzene rings is 1. The zero-order valence-electron chi connectivity index (χ0n) is 12.3. The summed E-state index contributed by atoms with van der Waals surface area (Å²) in [6.07, 6.45) is 4.39. The van der Waals surface area contributed by atoms with Gasteiger partial charge in [0, 0.05) is 0 Å². The minimum Gasteiger partial charge on any atom is -0.394 e. The molecule has 0 saturated carbocycles. The van der Waals surface area contributed by atoms with Gasteiger partial charge >= 0.3 is 0 Å². The summed E-state index contributed by atoms with van der Waals surface area (Å²) in [6, 6.07) is 8.78. The van der Waals surface area contributed by atoms with E-state index in [4.69, 9.17) is 15.9 Å². The molecule has 0 bridgehead atoms. The first-order valence-electron chi connectivity index (χ1n) is 6.89. The highest BCUT2D eigenvalue weighted by Gasteiger charge is 2.46. The second kappa shape index (κ2) is 6.56. The van der Waals surface area contributed by atoms with Gasteiger partial charge in [0.05, 0.1) is 13.2 Å². The van der Waals surface area contributed by atoms with Gasteiger partial charge in [-0.2, -0.15) is 5.06 Å². The molecule has 1 aromatic rings. The van der Waals surface area contributed by atoms with Crippen molar-refractivity contribution < 1.29 is 19.8 Å². The van der Waals surface area contributed by atoms with Gasteiger partial charge < -0.3 is 19.8 Å². The first-order chi connectivity index (χ1) is 9.96. The molecule has 21 heavy (non-hydrogen) atoms. The molecular weight excluding hydrogens is 270 g/mol. The van der Waals surface area contributed by atoms with Crippen LogP contribution in [0.3, 0.4) is 0 Å². The van der Waals surface area contributed by atoms with Crippen LogP contribution < -0.4 is 0 Å². The normalized spacial score (nSPS) is 25.7. The van der Waals surface area contributed by atoms with Crippen LogP contribution in [0.25, 0.3) is 0 Å². The summed E-state index contributed by atoms with van der Waals surface area (Å²) in [5.41, 5.74) is 0.930. The summed E-state index contributed by atoms with van der Waals surface area (Å²) in [4.78, 5) is 0.